The molecule has 1 aliphatic rings. The molecule has 124 valence electrons. The predicted octanol–water partition coefficient (Wildman–Crippen LogP) is 5.07. The Labute approximate surface area is 146 Å². The number of hydrogen-bond acceptors (Lipinski definition) is 3. The van der Waals surface area contributed by atoms with Crippen molar-refractivity contribution in [3.05, 3.63) is 78.1 Å². The Morgan fingerprint density at radius 2 is 1.76 bits per heavy atom. The Morgan fingerprint density at radius 1 is 1.04 bits per heavy atom. The van der Waals surface area contributed by atoms with Crippen LogP contribution in [0.5, 0.6) is 0 Å². The fourth-order valence-corrected chi connectivity index (χ4v) is 3.01. The van der Waals surface area contributed by atoms with Gasteiger partial charge in [0.2, 0.25) is 0 Å². The minimum absolute atomic E-state index is 0.245. The van der Waals surface area contributed by atoms with Crippen molar-refractivity contribution in [2.75, 3.05) is 5.32 Å². The van der Waals surface area contributed by atoms with Gasteiger partial charge < -0.3 is 10.4 Å². The predicted molar refractivity (Wildman–Crippen MR) is 98.3 cm³/mol. The molecule has 0 saturated heterocycles. The van der Waals surface area contributed by atoms with Gasteiger partial charge in [0.1, 0.15) is 0 Å². The van der Waals surface area contributed by atoms with Crippen molar-refractivity contribution < 1.29 is 9.90 Å². The quantitative estimate of drug-likeness (QED) is 0.686. The van der Waals surface area contributed by atoms with Crippen molar-refractivity contribution in [1.82, 2.24) is 4.98 Å². The second-order valence-corrected chi connectivity index (χ2v) is 6.27. The third-order valence-corrected chi connectivity index (χ3v) is 4.40. The van der Waals surface area contributed by atoms with Crippen LogP contribution >= 0.6 is 0 Å². The monoisotopic (exact) mass is 330 g/mol. The van der Waals surface area contributed by atoms with Crippen LogP contribution in [0, 0.1) is 0 Å². The molecule has 0 unspecified atom stereocenters. The minimum Gasteiger partial charge on any atom is -0.478 e. The van der Waals surface area contributed by atoms with Gasteiger partial charge in [0.15, 0.2) is 0 Å². The molecule has 0 spiro atoms. The van der Waals surface area contributed by atoms with E-state index in [1.165, 1.54) is 12.8 Å². The van der Waals surface area contributed by atoms with E-state index in [0.29, 0.717) is 11.6 Å². The standard InChI is InChI=1S/C21H18N2O2/c24-21(25)17-8-4-5-9-19(17)23-16-12-18(14-6-2-1-3-7-14)20(22-13-16)15-10-11-15/h1-9,12-13,15,23H,10-11H2,(H,24,25). The zero-order valence-corrected chi connectivity index (χ0v) is 13.6. The van der Waals surface area contributed by atoms with Crippen LogP contribution in [-0.2, 0) is 0 Å². The summed E-state index contributed by atoms with van der Waals surface area (Å²) >= 11 is 0. The summed E-state index contributed by atoms with van der Waals surface area (Å²) in [6.45, 7) is 0. The fraction of sp³-hybridized carbons (Fsp3) is 0.143. The van der Waals surface area contributed by atoms with Crippen molar-refractivity contribution in [3.63, 3.8) is 0 Å². The first-order chi connectivity index (χ1) is 12.2. The van der Waals surface area contributed by atoms with E-state index in [4.69, 9.17) is 0 Å². The van der Waals surface area contributed by atoms with E-state index in [-0.39, 0.29) is 5.56 Å². The lowest BCUT2D eigenvalue weighted by atomic mass is 10.0. The van der Waals surface area contributed by atoms with E-state index < -0.39 is 5.97 Å². The summed E-state index contributed by atoms with van der Waals surface area (Å²) in [6.07, 6.45) is 4.15. The molecule has 25 heavy (non-hydrogen) atoms. The number of carbonyl (C=O) groups is 1. The van der Waals surface area contributed by atoms with Gasteiger partial charge in [0.05, 0.1) is 28.8 Å². The number of nitrogens with one attached hydrogen (secondary N) is 1. The molecule has 3 aromatic rings. The van der Waals surface area contributed by atoms with Gasteiger partial charge in [-0.2, -0.15) is 0 Å². The van der Waals surface area contributed by atoms with Crippen LogP contribution in [0.3, 0.4) is 0 Å². The minimum atomic E-state index is -0.950. The van der Waals surface area contributed by atoms with E-state index >= 15 is 0 Å². The summed E-state index contributed by atoms with van der Waals surface area (Å²) in [4.78, 5) is 16.1. The second-order valence-electron chi connectivity index (χ2n) is 6.27. The van der Waals surface area contributed by atoms with Gasteiger partial charge in [-0.15, -0.1) is 0 Å². The highest BCUT2D eigenvalue weighted by Crippen LogP contribution is 2.44. The van der Waals surface area contributed by atoms with Crippen LogP contribution in [0.25, 0.3) is 11.1 Å². The molecule has 1 aliphatic carbocycles. The van der Waals surface area contributed by atoms with Gasteiger partial charge in [0.25, 0.3) is 0 Å². The number of aromatic nitrogens is 1. The van der Waals surface area contributed by atoms with Crippen LogP contribution in [0.4, 0.5) is 11.4 Å². The number of carboxylic acid groups (broad SMARTS) is 1. The number of nitrogens with zero attached hydrogens (tertiary/aromatic N) is 1. The van der Waals surface area contributed by atoms with Crippen molar-refractivity contribution in [1.29, 1.82) is 0 Å². The third-order valence-electron chi connectivity index (χ3n) is 4.40. The maximum absolute atomic E-state index is 11.4. The number of pyridine rings is 1. The number of hydrogen-bond donors (Lipinski definition) is 2. The average Bonchev–Trinajstić information content (AvgIpc) is 3.48. The molecule has 4 heteroatoms. The van der Waals surface area contributed by atoms with Crippen LogP contribution in [0.2, 0.25) is 0 Å². The van der Waals surface area contributed by atoms with Crippen LogP contribution in [0.1, 0.15) is 34.8 Å². The number of carboxylic acids is 1. The van der Waals surface area contributed by atoms with Crippen molar-refractivity contribution >= 4 is 17.3 Å². The van der Waals surface area contributed by atoms with Gasteiger partial charge in [-0.05, 0) is 36.6 Å². The Hall–Kier alpha value is -3.14. The number of aromatic carboxylic acids is 1. The Balaban J connectivity index is 1.73. The lowest BCUT2D eigenvalue weighted by molar-refractivity contribution is 0.0698. The number of para-hydroxylation sites is 1. The SMILES string of the molecule is O=C(O)c1ccccc1Nc1cnc(C2CC2)c(-c2ccccc2)c1. The van der Waals surface area contributed by atoms with Gasteiger partial charge in [-0.3, -0.25) is 4.98 Å². The van der Waals surface area contributed by atoms with E-state index in [0.717, 1.165) is 22.5 Å². The fourth-order valence-electron chi connectivity index (χ4n) is 3.01. The highest BCUT2D eigenvalue weighted by Gasteiger charge is 2.28. The second kappa shape index (κ2) is 6.40. The molecule has 2 aromatic carbocycles. The molecule has 0 bridgehead atoms. The van der Waals surface area contributed by atoms with E-state index in [2.05, 4.69) is 28.5 Å². The Kier molecular flexibility index (Phi) is 3.94. The summed E-state index contributed by atoms with van der Waals surface area (Å²) in [5, 5.41) is 12.6. The Morgan fingerprint density at radius 3 is 2.48 bits per heavy atom. The molecule has 1 fully saturated rings. The zero-order chi connectivity index (χ0) is 17.2. The van der Waals surface area contributed by atoms with Crippen molar-refractivity contribution in [3.8, 4) is 11.1 Å². The molecule has 4 rings (SSSR count). The number of benzene rings is 2. The number of rotatable bonds is 5. The molecule has 4 nitrogen and oxygen atoms in total. The molecular weight excluding hydrogens is 312 g/mol. The summed E-state index contributed by atoms with van der Waals surface area (Å²) in [5.41, 5.74) is 4.97. The zero-order valence-electron chi connectivity index (χ0n) is 13.6. The van der Waals surface area contributed by atoms with Gasteiger partial charge in [-0.25, -0.2) is 4.79 Å². The smallest absolute Gasteiger partial charge is 0.337 e. The topological polar surface area (TPSA) is 62.2 Å². The first kappa shape index (κ1) is 15.4. The molecule has 1 aromatic heterocycles. The number of anilines is 2. The third kappa shape index (κ3) is 3.24. The molecule has 1 heterocycles. The highest BCUT2D eigenvalue weighted by atomic mass is 16.4. The molecule has 0 amide bonds. The maximum atomic E-state index is 11.4. The summed E-state index contributed by atoms with van der Waals surface area (Å²) < 4.78 is 0. The molecule has 0 radical (unpaired) electrons. The molecule has 0 aliphatic heterocycles. The van der Waals surface area contributed by atoms with Crippen molar-refractivity contribution in [2.24, 2.45) is 0 Å². The largest absolute Gasteiger partial charge is 0.478 e. The summed E-state index contributed by atoms with van der Waals surface area (Å²) in [5.74, 6) is -0.412. The Bertz CT molecular complexity index is 918. The van der Waals surface area contributed by atoms with Crippen LogP contribution < -0.4 is 5.32 Å². The van der Waals surface area contributed by atoms with Gasteiger partial charge >= 0.3 is 5.97 Å². The molecule has 1 saturated carbocycles. The lowest BCUT2D eigenvalue weighted by Gasteiger charge is -2.13. The maximum Gasteiger partial charge on any atom is 0.337 e. The van der Waals surface area contributed by atoms with E-state index in [9.17, 15) is 9.90 Å². The summed E-state index contributed by atoms with van der Waals surface area (Å²) in [6, 6.07) is 19.2. The molecular formula is C21H18N2O2. The van der Waals surface area contributed by atoms with Crippen LogP contribution in [-0.4, -0.2) is 16.1 Å². The van der Waals surface area contributed by atoms with E-state index in [1.54, 1.807) is 24.4 Å². The average molecular weight is 330 g/mol. The lowest BCUT2D eigenvalue weighted by Crippen LogP contribution is -2.03. The highest BCUT2D eigenvalue weighted by molar-refractivity contribution is 5.95. The normalized spacial score (nSPS) is 13.4. The van der Waals surface area contributed by atoms with Gasteiger partial charge in [0, 0.05) is 11.5 Å². The molecule has 0 atom stereocenters. The first-order valence-corrected chi connectivity index (χ1v) is 8.37. The van der Waals surface area contributed by atoms with Crippen molar-refractivity contribution in [2.45, 2.75) is 18.8 Å². The van der Waals surface area contributed by atoms with E-state index in [1.807, 2.05) is 24.3 Å². The van der Waals surface area contributed by atoms with Crippen LogP contribution in [0.15, 0.2) is 66.9 Å². The first-order valence-electron chi connectivity index (χ1n) is 8.37. The summed E-state index contributed by atoms with van der Waals surface area (Å²) in [7, 11) is 0. The molecule has 2 N–H and O–H groups in total. The van der Waals surface area contributed by atoms with Gasteiger partial charge in [-0.1, -0.05) is 42.5 Å².